The highest BCUT2D eigenvalue weighted by Crippen LogP contribution is 2.03. The summed E-state index contributed by atoms with van der Waals surface area (Å²) in [6.07, 6.45) is 4.89. The Morgan fingerprint density at radius 2 is 2.19 bits per heavy atom. The molecule has 0 amide bonds. The molecular weight excluding hydrogens is 202 g/mol. The summed E-state index contributed by atoms with van der Waals surface area (Å²) in [5, 5.41) is 0. The SMILES string of the molecule is CC(=O)c1ccn(CCOCCC(C)C)c1. The predicted molar refractivity (Wildman–Crippen MR) is 64.7 cm³/mol. The maximum atomic E-state index is 11.1. The van der Waals surface area contributed by atoms with E-state index in [9.17, 15) is 4.79 Å². The molecule has 0 fully saturated rings. The number of hydrogen-bond donors (Lipinski definition) is 0. The fraction of sp³-hybridized carbons (Fsp3) is 0.615. The number of rotatable bonds is 7. The standard InChI is InChI=1S/C13H21NO2/c1-11(2)5-8-16-9-7-14-6-4-13(10-14)12(3)15/h4,6,10-11H,5,7-9H2,1-3H3. The smallest absolute Gasteiger partial charge is 0.161 e. The van der Waals surface area contributed by atoms with Crippen molar-refractivity contribution in [2.45, 2.75) is 33.7 Å². The van der Waals surface area contributed by atoms with Gasteiger partial charge in [0.25, 0.3) is 0 Å². The molecule has 0 atom stereocenters. The number of carbonyl (C=O) groups excluding carboxylic acids is 1. The maximum Gasteiger partial charge on any atom is 0.161 e. The van der Waals surface area contributed by atoms with Gasteiger partial charge in [0.05, 0.1) is 6.61 Å². The van der Waals surface area contributed by atoms with Crippen LogP contribution in [0.25, 0.3) is 0 Å². The zero-order chi connectivity index (χ0) is 12.0. The van der Waals surface area contributed by atoms with E-state index >= 15 is 0 Å². The molecule has 1 aromatic rings. The third-order valence-corrected chi connectivity index (χ3v) is 2.49. The van der Waals surface area contributed by atoms with Gasteiger partial charge in [-0.2, -0.15) is 0 Å². The van der Waals surface area contributed by atoms with E-state index in [0.29, 0.717) is 12.5 Å². The normalized spacial score (nSPS) is 11.0. The first-order valence-corrected chi connectivity index (χ1v) is 5.84. The molecule has 3 heteroatoms. The molecule has 0 N–H and O–H groups in total. The lowest BCUT2D eigenvalue weighted by atomic mass is 10.1. The Morgan fingerprint density at radius 3 is 2.75 bits per heavy atom. The van der Waals surface area contributed by atoms with Gasteiger partial charge in [0.2, 0.25) is 0 Å². The first-order valence-electron chi connectivity index (χ1n) is 5.84. The highest BCUT2D eigenvalue weighted by Gasteiger charge is 2.01. The third kappa shape index (κ3) is 4.62. The molecule has 0 unspecified atom stereocenters. The van der Waals surface area contributed by atoms with Crippen LogP contribution in [0.3, 0.4) is 0 Å². The summed E-state index contributed by atoms with van der Waals surface area (Å²) >= 11 is 0. The summed E-state index contributed by atoms with van der Waals surface area (Å²) in [5.41, 5.74) is 0.766. The van der Waals surface area contributed by atoms with E-state index in [1.807, 2.05) is 23.0 Å². The maximum absolute atomic E-state index is 11.1. The molecule has 0 aromatic carbocycles. The first-order chi connectivity index (χ1) is 7.59. The second kappa shape index (κ2) is 6.48. The van der Waals surface area contributed by atoms with Crippen LogP contribution in [0.15, 0.2) is 18.5 Å². The van der Waals surface area contributed by atoms with Crippen LogP contribution in [-0.4, -0.2) is 23.6 Å². The van der Waals surface area contributed by atoms with Crippen molar-refractivity contribution < 1.29 is 9.53 Å². The van der Waals surface area contributed by atoms with Crippen LogP contribution in [-0.2, 0) is 11.3 Å². The fourth-order valence-corrected chi connectivity index (χ4v) is 1.38. The molecule has 1 heterocycles. The van der Waals surface area contributed by atoms with Gasteiger partial charge in [0.1, 0.15) is 0 Å². The van der Waals surface area contributed by atoms with E-state index in [-0.39, 0.29) is 5.78 Å². The van der Waals surface area contributed by atoms with Crippen LogP contribution in [0.1, 0.15) is 37.6 Å². The molecule has 90 valence electrons. The van der Waals surface area contributed by atoms with Crippen molar-refractivity contribution in [3.63, 3.8) is 0 Å². The Bertz CT molecular complexity index is 328. The lowest BCUT2D eigenvalue weighted by molar-refractivity contribution is 0.101. The van der Waals surface area contributed by atoms with Crippen LogP contribution < -0.4 is 0 Å². The highest BCUT2D eigenvalue weighted by molar-refractivity contribution is 5.93. The molecule has 0 saturated carbocycles. The van der Waals surface area contributed by atoms with Crippen molar-refractivity contribution in [1.29, 1.82) is 0 Å². The molecule has 0 spiro atoms. The van der Waals surface area contributed by atoms with E-state index in [4.69, 9.17) is 4.74 Å². The van der Waals surface area contributed by atoms with E-state index < -0.39 is 0 Å². The van der Waals surface area contributed by atoms with Crippen molar-refractivity contribution in [3.05, 3.63) is 24.0 Å². The van der Waals surface area contributed by atoms with Gasteiger partial charge in [-0.1, -0.05) is 13.8 Å². The molecular formula is C13H21NO2. The Morgan fingerprint density at radius 1 is 1.44 bits per heavy atom. The summed E-state index contributed by atoms with van der Waals surface area (Å²) in [5.74, 6) is 0.801. The van der Waals surface area contributed by atoms with Crippen molar-refractivity contribution >= 4 is 5.78 Å². The molecule has 16 heavy (non-hydrogen) atoms. The van der Waals surface area contributed by atoms with Gasteiger partial charge in [0.15, 0.2) is 5.78 Å². The van der Waals surface area contributed by atoms with E-state index in [1.165, 1.54) is 0 Å². The van der Waals surface area contributed by atoms with E-state index in [0.717, 1.165) is 25.1 Å². The van der Waals surface area contributed by atoms with Crippen LogP contribution in [0.4, 0.5) is 0 Å². The van der Waals surface area contributed by atoms with Crippen LogP contribution in [0, 0.1) is 5.92 Å². The van der Waals surface area contributed by atoms with Crippen LogP contribution in [0.2, 0.25) is 0 Å². The van der Waals surface area contributed by atoms with Gasteiger partial charge >= 0.3 is 0 Å². The van der Waals surface area contributed by atoms with Gasteiger partial charge in [0, 0.05) is 31.1 Å². The number of aromatic nitrogens is 1. The monoisotopic (exact) mass is 223 g/mol. The van der Waals surface area contributed by atoms with Gasteiger partial charge in [-0.3, -0.25) is 4.79 Å². The number of nitrogens with zero attached hydrogens (tertiary/aromatic N) is 1. The van der Waals surface area contributed by atoms with Crippen molar-refractivity contribution in [1.82, 2.24) is 4.57 Å². The minimum atomic E-state index is 0.111. The summed E-state index contributed by atoms with van der Waals surface area (Å²) in [4.78, 5) is 11.1. The molecule has 0 radical (unpaired) electrons. The second-order valence-electron chi connectivity index (χ2n) is 4.49. The quantitative estimate of drug-likeness (QED) is 0.525. The van der Waals surface area contributed by atoms with Crippen LogP contribution in [0.5, 0.6) is 0 Å². The first kappa shape index (κ1) is 13.0. The van der Waals surface area contributed by atoms with Gasteiger partial charge < -0.3 is 9.30 Å². The van der Waals surface area contributed by atoms with Crippen molar-refractivity contribution in [2.24, 2.45) is 5.92 Å². The lowest BCUT2D eigenvalue weighted by Crippen LogP contribution is -2.06. The minimum Gasteiger partial charge on any atom is -0.380 e. The lowest BCUT2D eigenvalue weighted by Gasteiger charge is -2.06. The molecule has 0 bridgehead atoms. The summed E-state index contributed by atoms with van der Waals surface area (Å²) in [7, 11) is 0. The zero-order valence-electron chi connectivity index (χ0n) is 10.4. The summed E-state index contributed by atoms with van der Waals surface area (Å²) in [6, 6.07) is 1.84. The van der Waals surface area contributed by atoms with Crippen molar-refractivity contribution in [2.75, 3.05) is 13.2 Å². The predicted octanol–water partition coefficient (Wildman–Crippen LogP) is 2.75. The summed E-state index contributed by atoms with van der Waals surface area (Å²) in [6.45, 7) is 8.30. The largest absolute Gasteiger partial charge is 0.380 e. The summed E-state index contributed by atoms with van der Waals surface area (Å²) < 4.78 is 7.50. The number of ether oxygens (including phenoxy) is 1. The van der Waals surface area contributed by atoms with Gasteiger partial charge in [-0.05, 0) is 25.3 Å². The second-order valence-corrected chi connectivity index (χ2v) is 4.49. The van der Waals surface area contributed by atoms with Gasteiger partial charge in [-0.25, -0.2) is 0 Å². The number of hydrogen-bond acceptors (Lipinski definition) is 2. The number of carbonyl (C=O) groups is 1. The molecule has 3 nitrogen and oxygen atoms in total. The zero-order valence-corrected chi connectivity index (χ0v) is 10.4. The molecule has 1 aromatic heterocycles. The highest BCUT2D eigenvalue weighted by atomic mass is 16.5. The third-order valence-electron chi connectivity index (χ3n) is 2.49. The topological polar surface area (TPSA) is 31.2 Å². The number of ketones is 1. The minimum absolute atomic E-state index is 0.111. The molecule has 1 rings (SSSR count). The molecule has 0 aliphatic rings. The van der Waals surface area contributed by atoms with E-state index in [2.05, 4.69) is 13.8 Å². The van der Waals surface area contributed by atoms with Crippen LogP contribution >= 0.6 is 0 Å². The molecule has 0 aliphatic heterocycles. The number of Topliss-reactive ketones (excluding diaryl/α,β-unsaturated/α-hetero) is 1. The molecule has 0 aliphatic carbocycles. The Labute approximate surface area is 97.4 Å². The average Bonchev–Trinajstić information content (AvgIpc) is 2.65. The fourth-order valence-electron chi connectivity index (χ4n) is 1.38. The van der Waals surface area contributed by atoms with E-state index in [1.54, 1.807) is 6.92 Å². The van der Waals surface area contributed by atoms with Crippen molar-refractivity contribution in [3.8, 4) is 0 Å². The Kier molecular flexibility index (Phi) is 5.26. The average molecular weight is 223 g/mol. The Hall–Kier alpha value is -1.09. The van der Waals surface area contributed by atoms with Gasteiger partial charge in [-0.15, -0.1) is 0 Å². The molecule has 0 saturated heterocycles. The Balaban J connectivity index is 2.19.